The predicted octanol–water partition coefficient (Wildman–Crippen LogP) is 2.79. The van der Waals surface area contributed by atoms with Gasteiger partial charge in [-0.3, -0.25) is 20.0 Å². The van der Waals surface area contributed by atoms with Crippen molar-refractivity contribution in [1.29, 1.82) is 0 Å². The highest BCUT2D eigenvalue weighted by atomic mass is 35.5. The molecule has 1 atom stereocenters. The molecule has 1 unspecified atom stereocenters. The molecule has 7 heteroatoms. The summed E-state index contributed by atoms with van der Waals surface area (Å²) in [5.41, 5.74) is 2.07. The first kappa shape index (κ1) is 15.9. The first-order chi connectivity index (χ1) is 11.1. The second-order valence-corrected chi connectivity index (χ2v) is 5.93. The lowest BCUT2D eigenvalue weighted by Crippen LogP contribution is -2.45. The number of nitrogens with zero attached hydrogens (tertiary/aromatic N) is 3. The summed E-state index contributed by atoms with van der Waals surface area (Å²) in [5.74, 6) is 0. The van der Waals surface area contributed by atoms with Crippen LogP contribution in [0.4, 0.5) is 5.69 Å². The van der Waals surface area contributed by atoms with Crippen molar-refractivity contribution in [2.75, 3.05) is 19.6 Å². The van der Waals surface area contributed by atoms with Crippen molar-refractivity contribution in [2.45, 2.75) is 12.6 Å². The van der Waals surface area contributed by atoms with Crippen LogP contribution in [0.25, 0.3) is 0 Å². The summed E-state index contributed by atoms with van der Waals surface area (Å²) in [6, 6.07) is 9.16. The Labute approximate surface area is 139 Å². The summed E-state index contributed by atoms with van der Waals surface area (Å²) in [4.78, 5) is 16.9. The number of rotatable bonds is 4. The molecule has 23 heavy (non-hydrogen) atoms. The van der Waals surface area contributed by atoms with Crippen molar-refractivity contribution in [3.63, 3.8) is 0 Å². The van der Waals surface area contributed by atoms with Crippen molar-refractivity contribution in [1.82, 2.24) is 15.2 Å². The number of hydrogen-bond donors (Lipinski definition) is 1. The van der Waals surface area contributed by atoms with Crippen LogP contribution in [-0.4, -0.2) is 34.4 Å². The number of nitro benzene ring substituents is 1. The van der Waals surface area contributed by atoms with Crippen molar-refractivity contribution >= 4 is 17.3 Å². The van der Waals surface area contributed by atoms with Gasteiger partial charge in [0, 0.05) is 50.7 Å². The number of nitrogens with one attached hydrogen (secondary N) is 1. The molecule has 0 spiro atoms. The minimum Gasteiger partial charge on any atom is -0.314 e. The molecule has 120 valence electrons. The van der Waals surface area contributed by atoms with Gasteiger partial charge >= 0.3 is 0 Å². The smallest absolute Gasteiger partial charge is 0.287 e. The Hall–Kier alpha value is -2.02. The van der Waals surface area contributed by atoms with E-state index in [9.17, 15) is 10.1 Å². The molecule has 1 N–H and O–H groups in total. The molecule has 0 saturated carbocycles. The lowest BCUT2D eigenvalue weighted by Gasteiger charge is -2.36. The van der Waals surface area contributed by atoms with Gasteiger partial charge < -0.3 is 5.32 Å². The number of halogens is 1. The fraction of sp³-hybridized carbons (Fsp3) is 0.312. The topological polar surface area (TPSA) is 71.3 Å². The summed E-state index contributed by atoms with van der Waals surface area (Å²) < 4.78 is 0. The summed E-state index contributed by atoms with van der Waals surface area (Å²) in [5, 5.41) is 14.4. The maximum Gasteiger partial charge on any atom is 0.287 e. The molecule has 0 bridgehead atoms. The highest BCUT2D eigenvalue weighted by molar-refractivity contribution is 6.32. The van der Waals surface area contributed by atoms with Gasteiger partial charge in [-0.15, -0.1) is 0 Å². The van der Waals surface area contributed by atoms with E-state index in [2.05, 4.69) is 21.3 Å². The van der Waals surface area contributed by atoms with E-state index in [4.69, 9.17) is 11.6 Å². The summed E-state index contributed by atoms with van der Waals surface area (Å²) in [6.07, 6.45) is 3.65. The second-order valence-electron chi connectivity index (χ2n) is 5.52. The van der Waals surface area contributed by atoms with E-state index in [-0.39, 0.29) is 16.8 Å². The summed E-state index contributed by atoms with van der Waals surface area (Å²) in [6.45, 7) is 3.36. The van der Waals surface area contributed by atoms with Crippen LogP contribution in [0.2, 0.25) is 5.02 Å². The summed E-state index contributed by atoms with van der Waals surface area (Å²) in [7, 11) is 0. The Kier molecular flexibility index (Phi) is 4.85. The zero-order valence-electron chi connectivity index (χ0n) is 12.5. The van der Waals surface area contributed by atoms with E-state index < -0.39 is 4.92 Å². The van der Waals surface area contributed by atoms with E-state index in [0.717, 1.165) is 30.8 Å². The molecule has 1 aliphatic heterocycles. The first-order valence-electron chi connectivity index (χ1n) is 7.42. The Bertz CT molecular complexity index is 696. The van der Waals surface area contributed by atoms with E-state index in [1.54, 1.807) is 18.3 Å². The van der Waals surface area contributed by atoms with Crippen LogP contribution in [0.3, 0.4) is 0 Å². The molecule has 1 fully saturated rings. The number of hydrogen-bond acceptors (Lipinski definition) is 5. The Morgan fingerprint density at radius 3 is 3.00 bits per heavy atom. The quantitative estimate of drug-likeness (QED) is 0.688. The van der Waals surface area contributed by atoms with Gasteiger partial charge in [-0.05, 0) is 23.3 Å². The maximum absolute atomic E-state index is 10.9. The average Bonchev–Trinajstić information content (AvgIpc) is 2.56. The molecule has 1 saturated heterocycles. The molecule has 1 aromatic carbocycles. The minimum absolute atomic E-state index is 0.0560. The van der Waals surface area contributed by atoms with Crippen molar-refractivity contribution in [3.8, 4) is 0 Å². The normalized spacial score (nSPS) is 18.7. The molecule has 6 nitrogen and oxygen atoms in total. The SMILES string of the molecule is O=[N+]([O-])c1ccc(CN2CCNCC2c2cccnc2)cc1Cl. The number of nitro groups is 1. The first-order valence-corrected chi connectivity index (χ1v) is 7.80. The molecule has 0 amide bonds. The number of piperazine rings is 1. The van der Waals surface area contributed by atoms with Crippen LogP contribution < -0.4 is 5.32 Å². The van der Waals surface area contributed by atoms with Crippen molar-refractivity contribution in [3.05, 3.63) is 69.0 Å². The van der Waals surface area contributed by atoms with Gasteiger partial charge in [-0.1, -0.05) is 23.7 Å². The van der Waals surface area contributed by atoms with Crippen LogP contribution in [0, 0.1) is 10.1 Å². The average molecular weight is 333 g/mol. The second kappa shape index (κ2) is 7.04. The lowest BCUT2D eigenvalue weighted by atomic mass is 10.0. The standard InChI is InChI=1S/C16H17ClN4O2/c17-14-8-12(3-4-15(14)21(22)23)11-20-7-6-19-10-16(20)13-2-1-5-18-9-13/h1-5,8-9,16,19H,6-7,10-11H2. The van der Waals surface area contributed by atoms with Gasteiger partial charge in [-0.25, -0.2) is 0 Å². The highest BCUT2D eigenvalue weighted by Gasteiger charge is 2.24. The monoisotopic (exact) mass is 332 g/mol. The third-order valence-electron chi connectivity index (χ3n) is 4.02. The third kappa shape index (κ3) is 3.67. The Balaban J connectivity index is 1.80. The van der Waals surface area contributed by atoms with Gasteiger partial charge in [0.15, 0.2) is 0 Å². The van der Waals surface area contributed by atoms with Crippen LogP contribution in [-0.2, 0) is 6.54 Å². The van der Waals surface area contributed by atoms with Gasteiger partial charge in [0.25, 0.3) is 5.69 Å². The van der Waals surface area contributed by atoms with Gasteiger partial charge in [0.2, 0.25) is 0 Å². The maximum atomic E-state index is 10.9. The van der Waals surface area contributed by atoms with Crippen LogP contribution in [0.5, 0.6) is 0 Å². The largest absolute Gasteiger partial charge is 0.314 e. The number of benzene rings is 1. The molecule has 3 rings (SSSR count). The molecular weight excluding hydrogens is 316 g/mol. The predicted molar refractivity (Wildman–Crippen MR) is 88.4 cm³/mol. The molecular formula is C16H17ClN4O2. The molecule has 0 aliphatic carbocycles. The zero-order valence-corrected chi connectivity index (χ0v) is 13.2. The van der Waals surface area contributed by atoms with Gasteiger partial charge in [0.1, 0.15) is 5.02 Å². The van der Waals surface area contributed by atoms with E-state index >= 15 is 0 Å². The summed E-state index contributed by atoms with van der Waals surface area (Å²) >= 11 is 6.01. The van der Waals surface area contributed by atoms with E-state index in [0.29, 0.717) is 6.54 Å². The fourth-order valence-electron chi connectivity index (χ4n) is 2.87. The van der Waals surface area contributed by atoms with Crippen molar-refractivity contribution in [2.24, 2.45) is 0 Å². The van der Waals surface area contributed by atoms with Crippen molar-refractivity contribution < 1.29 is 4.92 Å². The highest BCUT2D eigenvalue weighted by Crippen LogP contribution is 2.28. The lowest BCUT2D eigenvalue weighted by molar-refractivity contribution is -0.384. The molecule has 0 radical (unpaired) electrons. The van der Waals surface area contributed by atoms with Gasteiger partial charge in [-0.2, -0.15) is 0 Å². The van der Waals surface area contributed by atoms with Crippen LogP contribution in [0.1, 0.15) is 17.2 Å². The zero-order chi connectivity index (χ0) is 16.2. The number of aromatic nitrogens is 1. The van der Waals surface area contributed by atoms with Crippen LogP contribution >= 0.6 is 11.6 Å². The third-order valence-corrected chi connectivity index (χ3v) is 4.32. The molecule has 1 aliphatic rings. The number of pyridine rings is 1. The van der Waals surface area contributed by atoms with E-state index in [1.807, 2.05) is 12.3 Å². The van der Waals surface area contributed by atoms with Gasteiger partial charge in [0.05, 0.1) is 4.92 Å². The molecule has 2 heterocycles. The van der Waals surface area contributed by atoms with Crippen LogP contribution in [0.15, 0.2) is 42.7 Å². The Morgan fingerprint density at radius 1 is 1.43 bits per heavy atom. The fourth-order valence-corrected chi connectivity index (χ4v) is 3.14. The van der Waals surface area contributed by atoms with E-state index in [1.165, 1.54) is 6.07 Å². The minimum atomic E-state index is -0.463. The molecule has 2 aromatic rings. The molecule has 1 aromatic heterocycles. The Morgan fingerprint density at radius 2 is 2.30 bits per heavy atom.